The van der Waals surface area contributed by atoms with Crippen LogP contribution in [0, 0.1) is 58.2 Å². The summed E-state index contributed by atoms with van der Waals surface area (Å²) < 4.78 is 0. The molecule has 0 N–H and O–H groups in total. The average Bonchev–Trinajstić information content (AvgIpc) is 3.51. The van der Waals surface area contributed by atoms with Crippen LogP contribution in [0.1, 0.15) is 78.1 Å². The van der Waals surface area contributed by atoms with Gasteiger partial charge in [-0.15, -0.1) is 0 Å². The van der Waals surface area contributed by atoms with Crippen LogP contribution in [0.4, 0.5) is 0 Å². The molecule has 0 aromatic rings. The maximum atomic E-state index is 2.82. The summed E-state index contributed by atoms with van der Waals surface area (Å²) in [5.74, 6) is 8.13. The zero-order chi connectivity index (χ0) is 23.7. The van der Waals surface area contributed by atoms with E-state index in [-0.39, 0.29) is 0 Å². The van der Waals surface area contributed by atoms with Gasteiger partial charge in [0.15, 0.2) is 0 Å². The Balaban J connectivity index is 1.06. The third kappa shape index (κ3) is 2.92. The van der Waals surface area contributed by atoms with Crippen LogP contribution in [0.25, 0.3) is 0 Å². The van der Waals surface area contributed by atoms with Crippen LogP contribution in [0.5, 0.6) is 0 Å². The average molecular weight is 485 g/mol. The summed E-state index contributed by atoms with van der Waals surface area (Å²) in [6.45, 7) is 10.8. The molecule has 8 fully saturated rings. The molecule has 0 nitrogen and oxygen atoms in total. The van der Waals surface area contributed by atoms with E-state index >= 15 is 0 Å². The van der Waals surface area contributed by atoms with E-state index in [9.17, 15) is 0 Å². The smallest absolute Gasteiger partial charge is 0.0699 e. The first-order valence-corrected chi connectivity index (χ1v) is 18.7. The Morgan fingerprint density at radius 1 is 0.543 bits per heavy atom. The van der Waals surface area contributed by atoms with Gasteiger partial charge in [0.25, 0.3) is 0 Å². The lowest BCUT2D eigenvalue weighted by molar-refractivity contribution is -0.0753. The molecule has 8 saturated carbocycles. The fraction of sp³-hybridized carbons (Fsp3) is 0.765. The summed E-state index contributed by atoms with van der Waals surface area (Å²) in [4.78, 5) is 0. The summed E-state index contributed by atoms with van der Waals surface area (Å²) >= 11 is 0. The Labute approximate surface area is 215 Å². The highest BCUT2D eigenvalue weighted by molar-refractivity contribution is 6.82. The van der Waals surface area contributed by atoms with Crippen LogP contribution in [0.2, 0.25) is 24.2 Å². The molecular weight excluding hydrogens is 436 g/mol. The van der Waals surface area contributed by atoms with E-state index in [1.807, 2.05) is 0 Å². The lowest BCUT2D eigenvalue weighted by Gasteiger charge is -2.61. The second-order valence-electron chi connectivity index (χ2n) is 16.0. The normalized spacial score (nSPS) is 55.2. The summed E-state index contributed by atoms with van der Waals surface area (Å²) in [6, 6.07) is 0. The summed E-state index contributed by atoms with van der Waals surface area (Å²) in [7, 11) is -1.52. The molecule has 0 amide bonds. The Hall–Kier alpha value is -0.823. The molecule has 1 heteroatoms. The van der Waals surface area contributed by atoms with Gasteiger partial charge >= 0.3 is 0 Å². The van der Waals surface area contributed by atoms with Crippen LogP contribution < -0.4 is 0 Å². The third-order valence-corrected chi connectivity index (χ3v) is 18.5. The molecule has 35 heavy (non-hydrogen) atoms. The molecule has 0 heterocycles. The van der Waals surface area contributed by atoms with Crippen LogP contribution in [-0.2, 0) is 0 Å². The minimum absolute atomic E-state index is 0.476. The molecular formula is C34H48Si. The van der Waals surface area contributed by atoms with Crippen molar-refractivity contribution in [2.24, 2.45) is 58.2 Å². The van der Waals surface area contributed by atoms with Crippen molar-refractivity contribution in [3.05, 3.63) is 47.6 Å². The monoisotopic (exact) mass is 484 g/mol. The highest BCUT2D eigenvalue weighted by Gasteiger charge is 2.58. The Morgan fingerprint density at radius 3 is 1.17 bits per heavy atom. The topological polar surface area (TPSA) is 0 Å². The predicted molar refractivity (Wildman–Crippen MR) is 150 cm³/mol. The second-order valence-corrected chi connectivity index (χ2v) is 21.0. The van der Waals surface area contributed by atoms with Gasteiger partial charge in [0.05, 0.1) is 8.07 Å². The van der Waals surface area contributed by atoms with Gasteiger partial charge in [-0.1, -0.05) is 63.4 Å². The molecule has 0 spiro atoms. The molecule has 10 rings (SSSR count). The Morgan fingerprint density at radius 2 is 0.857 bits per heavy atom. The molecule has 8 bridgehead atoms. The molecule has 188 valence electrons. The van der Waals surface area contributed by atoms with Crippen LogP contribution in [0.3, 0.4) is 0 Å². The summed E-state index contributed by atoms with van der Waals surface area (Å²) in [5, 5.41) is 0. The lowest BCUT2D eigenvalue weighted by Crippen LogP contribution is -2.52. The fourth-order valence-corrected chi connectivity index (χ4v) is 15.0. The van der Waals surface area contributed by atoms with E-state index < -0.39 is 8.07 Å². The molecule has 0 aromatic heterocycles. The molecule has 0 aromatic carbocycles. The van der Waals surface area contributed by atoms with E-state index in [1.54, 1.807) is 24.0 Å². The van der Waals surface area contributed by atoms with Crippen molar-refractivity contribution in [2.75, 3.05) is 0 Å². The maximum absolute atomic E-state index is 2.82. The largest absolute Gasteiger partial charge is 0.0800 e. The first-order chi connectivity index (χ1) is 16.7. The lowest BCUT2D eigenvalue weighted by atomic mass is 9.44. The van der Waals surface area contributed by atoms with Crippen molar-refractivity contribution in [3.63, 3.8) is 0 Å². The van der Waals surface area contributed by atoms with Gasteiger partial charge in [-0.05, 0) is 145 Å². The number of rotatable bonds is 4. The summed E-state index contributed by atoms with van der Waals surface area (Å²) in [6.07, 6.45) is 31.6. The number of hydrogen-bond acceptors (Lipinski definition) is 0. The zero-order valence-electron chi connectivity index (χ0n) is 22.8. The van der Waals surface area contributed by atoms with E-state index in [2.05, 4.69) is 63.4 Å². The van der Waals surface area contributed by atoms with Crippen molar-refractivity contribution < 1.29 is 0 Å². The maximum Gasteiger partial charge on any atom is 0.0699 e. The third-order valence-electron chi connectivity index (χ3n) is 14.3. The Bertz CT molecular complexity index is 910. The molecule has 10 aliphatic carbocycles. The minimum Gasteiger partial charge on any atom is -0.0800 e. The SMILES string of the molecule is CC1(C2=CC([Si](C)(C)C3C=CC(C4(C)C5CC6CC(C5)CC4C6)=C3)C=C2)C2CC3CC(C2)CC1C3. The summed E-state index contributed by atoms with van der Waals surface area (Å²) in [5.41, 5.74) is 5.89. The molecule has 10 aliphatic rings. The van der Waals surface area contributed by atoms with Crippen molar-refractivity contribution in [2.45, 2.75) is 102 Å². The fourth-order valence-electron chi connectivity index (χ4n) is 12.2. The van der Waals surface area contributed by atoms with E-state index in [0.29, 0.717) is 21.9 Å². The van der Waals surface area contributed by atoms with Crippen molar-refractivity contribution in [1.82, 2.24) is 0 Å². The highest BCUT2D eigenvalue weighted by atomic mass is 28.3. The van der Waals surface area contributed by atoms with Crippen molar-refractivity contribution >= 4 is 8.07 Å². The van der Waals surface area contributed by atoms with Crippen molar-refractivity contribution in [3.8, 4) is 0 Å². The van der Waals surface area contributed by atoms with Gasteiger partial charge in [0.1, 0.15) is 0 Å². The van der Waals surface area contributed by atoms with Crippen LogP contribution in [0.15, 0.2) is 47.6 Å². The predicted octanol–water partition coefficient (Wildman–Crippen LogP) is 9.35. The van der Waals surface area contributed by atoms with E-state index in [4.69, 9.17) is 0 Å². The standard InChI is InChI=1S/C34H48Si/c1-33(27-11-21-9-22(13-27)14-28(33)12-21)25-5-7-31(19-25)35(3,4)32-8-6-26(20-32)34(2)29-15-23-10-24(17-29)18-30(34)16-23/h5-8,19-24,27-32H,9-18H2,1-4H3. The number of hydrogen-bond donors (Lipinski definition) is 0. The van der Waals surface area contributed by atoms with Crippen LogP contribution in [-0.4, -0.2) is 8.07 Å². The van der Waals surface area contributed by atoms with Gasteiger partial charge < -0.3 is 0 Å². The van der Waals surface area contributed by atoms with Gasteiger partial charge in [-0.2, -0.15) is 0 Å². The number of allylic oxidation sites excluding steroid dienone is 8. The van der Waals surface area contributed by atoms with Crippen molar-refractivity contribution in [1.29, 1.82) is 0 Å². The van der Waals surface area contributed by atoms with E-state index in [0.717, 1.165) is 47.3 Å². The molecule has 0 radical (unpaired) electrons. The zero-order valence-corrected chi connectivity index (χ0v) is 23.8. The first-order valence-electron chi connectivity index (χ1n) is 15.6. The minimum atomic E-state index is -1.52. The molecule has 0 saturated heterocycles. The van der Waals surface area contributed by atoms with Gasteiger partial charge in [-0.3, -0.25) is 0 Å². The van der Waals surface area contributed by atoms with Gasteiger partial charge in [-0.25, -0.2) is 0 Å². The van der Waals surface area contributed by atoms with E-state index in [1.165, 1.54) is 51.4 Å². The first kappa shape index (κ1) is 22.2. The second kappa shape index (κ2) is 7.18. The Kier molecular flexibility index (Phi) is 4.55. The van der Waals surface area contributed by atoms with Gasteiger partial charge in [0, 0.05) is 0 Å². The van der Waals surface area contributed by atoms with Crippen LogP contribution >= 0.6 is 0 Å². The molecule has 2 atom stereocenters. The quantitative estimate of drug-likeness (QED) is 0.349. The van der Waals surface area contributed by atoms with Gasteiger partial charge in [0.2, 0.25) is 0 Å². The molecule has 2 unspecified atom stereocenters. The molecule has 0 aliphatic heterocycles. The highest BCUT2D eigenvalue weighted by Crippen LogP contribution is 2.67.